The van der Waals surface area contributed by atoms with Gasteiger partial charge in [-0.1, -0.05) is 23.7 Å². The molecule has 1 aliphatic heterocycles. The first-order valence-corrected chi connectivity index (χ1v) is 13.7. The van der Waals surface area contributed by atoms with Gasteiger partial charge in [0.05, 0.1) is 5.69 Å². The number of H-pyrrole nitrogens is 1. The molecule has 1 aliphatic rings. The SMILES string of the molecule is CC(C)(C)OC(=O)NCCc1c(C(=O)CCCc2ccc(N3CCCCC3)cc2)[nH]c2ccc(Cl)cc12. The van der Waals surface area contributed by atoms with Crippen LogP contribution in [0.15, 0.2) is 42.5 Å². The predicted octanol–water partition coefficient (Wildman–Crippen LogP) is 7.08. The standard InChI is InChI=1S/C30H38ClN3O3/c1-30(2,3)37-29(36)32-17-16-24-25-20-22(31)12-15-26(25)33-28(24)27(35)9-7-8-21-10-13-23(14-11-21)34-18-5-4-6-19-34/h10-15,20,33H,4-9,16-19H2,1-3H3,(H,32,36). The van der Waals surface area contributed by atoms with Gasteiger partial charge in [-0.05, 0) is 101 Å². The quantitative estimate of drug-likeness (QED) is 0.294. The number of Topliss-reactive ketones (excluding diaryl/α,β-unsaturated/α-hetero) is 1. The summed E-state index contributed by atoms with van der Waals surface area (Å²) in [6, 6.07) is 14.4. The minimum absolute atomic E-state index is 0.0736. The molecule has 0 radical (unpaired) electrons. The lowest BCUT2D eigenvalue weighted by atomic mass is 10.0. The number of aromatic nitrogens is 1. The molecule has 4 rings (SSSR count). The smallest absolute Gasteiger partial charge is 0.407 e. The fraction of sp³-hybridized carbons (Fsp3) is 0.467. The molecule has 37 heavy (non-hydrogen) atoms. The Bertz CT molecular complexity index is 1220. The summed E-state index contributed by atoms with van der Waals surface area (Å²) < 4.78 is 5.33. The number of aromatic amines is 1. The lowest BCUT2D eigenvalue weighted by Crippen LogP contribution is -2.33. The molecular weight excluding hydrogens is 486 g/mol. The van der Waals surface area contributed by atoms with E-state index in [4.69, 9.17) is 16.3 Å². The molecule has 1 amide bonds. The Morgan fingerprint density at radius 3 is 2.46 bits per heavy atom. The number of hydrogen-bond donors (Lipinski definition) is 2. The van der Waals surface area contributed by atoms with E-state index in [1.54, 1.807) is 0 Å². The van der Waals surface area contributed by atoms with Crippen LogP contribution in [-0.2, 0) is 17.6 Å². The van der Waals surface area contributed by atoms with Crippen molar-refractivity contribution in [1.82, 2.24) is 10.3 Å². The molecule has 0 aliphatic carbocycles. The number of aryl methyl sites for hydroxylation is 1. The zero-order valence-electron chi connectivity index (χ0n) is 22.2. The highest BCUT2D eigenvalue weighted by Crippen LogP contribution is 2.28. The number of rotatable bonds is 9. The van der Waals surface area contributed by atoms with Crippen molar-refractivity contribution in [2.45, 2.75) is 71.3 Å². The maximum atomic E-state index is 13.3. The van der Waals surface area contributed by atoms with Crippen LogP contribution in [0.1, 0.15) is 74.5 Å². The van der Waals surface area contributed by atoms with Crippen LogP contribution in [0, 0.1) is 0 Å². The lowest BCUT2D eigenvalue weighted by Gasteiger charge is -2.28. The van der Waals surface area contributed by atoms with Gasteiger partial charge in [-0.3, -0.25) is 4.79 Å². The van der Waals surface area contributed by atoms with Crippen LogP contribution in [0.4, 0.5) is 10.5 Å². The highest BCUT2D eigenvalue weighted by atomic mass is 35.5. The number of amides is 1. The molecule has 0 unspecified atom stereocenters. The molecule has 2 aromatic carbocycles. The van der Waals surface area contributed by atoms with Gasteiger partial charge in [-0.25, -0.2) is 4.79 Å². The molecule has 1 fully saturated rings. The molecule has 0 spiro atoms. The Morgan fingerprint density at radius 1 is 1.03 bits per heavy atom. The van der Waals surface area contributed by atoms with E-state index < -0.39 is 11.7 Å². The number of alkyl carbamates (subject to hydrolysis) is 1. The van der Waals surface area contributed by atoms with E-state index >= 15 is 0 Å². The Kier molecular flexibility index (Phi) is 8.80. The monoisotopic (exact) mass is 523 g/mol. The summed E-state index contributed by atoms with van der Waals surface area (Å²) in [5, 5.41) is 4.32. The summed E-state index contributed by atoms with van der Waals surface area (Å²) in [4.78, 5) is 31.1. The van der Waals surface area contributed by atoms with Crippen molar-refractivity contribution in [2.24, 2.45) is 0 Å². The number of hydrogen-bond acceptors (Lipinski definition) is 4. The van der Waals surface area contributed by atoms with Crippen molar-refractivity contribution in [1.29, 1.82) is 0 Å². The van der Waals surface area contributed by atoms with Crippen molar-refractivity contribution >= 4 is 40.1 Å². The first kappa shape index (κ1) is 27.1. The van der Waals surface area contributed by atoms with Gasteiger partial charge in [0.2, 0.25) is 0 Å². The van der Waals surface area contributed by atoms with Gasteiger partial charge in [0.25, 0.3) is 0 Å². The number of fused-ring (bicyclic) bond motifs is 1. The maximum Gasteiger partial charge on any atom is 0.407 e. The second-order valence-electron chi connectivity index (χ2n) is 10.8. The molecule has 2 heterocycles. The highest BCUT2D eigenvalue weighted by molar-refractivity contribution is 6.31. The number of benzene rings is 2. The zero-order valence-corrected chi connectivity index (χ0v) is 22.9. The lowest BCUT2D eigenvalue weighted by molar-refractivity contribution is 0.0528. The summed E-state index contributed by atoms with van der Waals surface area (Å²) >= 11 is 6.26. The summed E-state index contributed by atoms with van der Waals surface area (Å²) in [6.07, 6.45) is 5.96. The van der Waals surface area contributed by atoms with Crippen molar-refractivity contribution < 1.29 is 14.3 Å². The molecule has 0 bridgehead atoms. The normalized spacial score (nSPS) is 14.1. The van der Waals surface area contributed by atoms with Gasteiger partial charge >= 0.3 is 6.09 Å². The molecular formula is C30H38ClN3O3. The predicted molar refractivity (Wildman–Crippen MR) is 151 cm³/mol. The minimum Gasteiger partial charge on any atom is -0.444 e. The molecule has 7 heteroatoms. The van der Waals surface area contributed by atoms with Gasteiger partial charge in [-0.15, -0.1) is 0 Å². The zero-order chi connectivity index (χ0) is 26.4. The van der Waals surface area contributed by atoms with Gasteiger partial charge in [0, 0.05) is 47.7 Å². The Morgan fingerprint density at radius 2 is 1.76 bits per heavy atom. The average Bonchev–Trinajstić information content (AvgIpc) is 3.21. The molecule has 2 N–H and O–H groups in total. The number of ether oxygens (including phenoxy) is 1. The number of nitrogens with zero attached hydrogens (tertiary/aromatic N) is 1. The first-order chi connectivity index (χ1) is 17.7. The average molecular weight is 524 g/mol. The first-order valence-electron chi connectivity index (χ1n) is 13.3. The third kappa shape index (κ3) is 7.51. The number of piperidine rings is 1. The van der Waals surface area contributed by atoms with E-state index in [-0.39, 0.29) is 5.78 Å². The van der Waals surface area contributed by atoms with E-state index in [1.807, 2.05) is 39.0 Å². The van der Waals surface area contributed by atoms with E-state index in [0.717, 1.165) is 42.4 Å². The van der Waals surface area contributed by atoms with Gasteiger partial charge in [0.15, 0.2) is 5.78 Å². The third-order valence-electron chi connectivity index (χ3n) is 6.72. The van der Waals surface area contributed by atoms with E-state index in [1.165, 1.54) is 30.5 Å². The minimum atomic E-state index is -0.562. The van der Waals surface area contributed by atoms with Gasteiger partial charge in [-0.2, -0.15) is 0 Å². The number of ketones is 1. The second kappa shape index (κ2) is 12.0. The van der Waals surface area contributed by atoms with Gasteiger partial charge in [0.1, 0.15) is 5.60 Å². The summed E-state index contributed by atoms with van der Waals surface area (Å²) in [5.74, 6) is 0.0736. The van der Waals surface area contributed by atoms with E-state index in [0.29, 0.717) is 30.1 Å². The molecule has 6 nitrogen and oxygen atoms in total. The Balaban J connectivity index is 1.37. The van der Waals surface area contributed by atoms with Crippen molar-refractivity contribution in [3.63, 3.8) is 0 Å². The topological polar surface area (TPSA) is 74.4 Å². The maximum absolute atomic E-state index is 13.3. The summed E-state index contributed by atoms with van der Waals surface area (Å²) in [5.41, 5.74) is 4.33. The molecule has 0 saturated carbocycles. The van der Waals surface area contributed by atoms with Crippen LogP contribution >= 0.6 is 11.6 Å². The molecule has 3 aromatic rings. The second-order valence-corrected chi connectivity index (χ2v) is 11.3. The summed E-state index contributed by atoms with van der Waals surface area (Å²) in [7, 11) is 0. The van der Waals surface area contributed by atoms with Crippen LogP contribution in [0.25, 0.3) is 10.9 Å². The van der Waals surface area contributed by atoms with Crippen molar-refractivity contribution in [2.75, 3.05) is 24.5 Å². The molecule has 1 aromatic heterocycles. The molecule has 198 valence electrons. The molecule has 0 atom stereocenters. The van der Waals surface area contributed by atoms with Crippen molar-refractivity contribution in [3.05, 3.63) is 64.3 Å². The number of carbonyl (C=O) groups excluding carboxylic acids is 2. The van der Waals surface area contributed by atoms with Crippen LogP contribution in [0.3, 0.4) is 0 Å². The Labute approximate surface area is 224 Å². The number of anilines is 1. The van der Waals surface area contributed by atoms with Crippen LogP contribution in [0.2, 0.25) is 5.02 Å². The van der Waals surface area contributed by atoms with Gasteiger partial charge < -0.3 is 19.9 Å². The van der Waals surface area contributed by atoms with Crippen molar-refractivity contribution in [3.8, 4) is 0 Å². The number of carbonyl (C=O) groups is 2. The molecule has 1 saturated heterocycles. The van der Waals surface area contributed by atoms with E-state index in [9.17, 15) is 9.59 Å². The Hall–Kier alpha value is -2.99. The van der Waals surface area contributed by atoms with E-state index in [2.05, 4.69) is 39.5 Å². The fourth-order valence-corrected chi connectivity index (χ4v) is 5.10. The summed E-state index contributed by atoms with van der Waals surface area (Å²) in [6.45, 7) is 8.12. The van der Waals surface area contributed by atoms with Crippen LogP contribution in [0.5, 0.6) is 0 Å². The number of halogens is 1. The third-order valence-corrected chi connectivity index (χ3v) is 6.95. The largest absolute Gasteiger partial charge is 0.444 e. The fourth-order valence-electron chi connectivity index (χ4n) is 4.92. The van der Waals surface area contributed by atoms with Crippen LogP contribution in [-0.4, -0.2) is 42.1 Å². The highest BCUT2D eigenvalue weighted by Gasteiger charge is 2.20. The number of nitrogens with one attached hydrogen (secondary N) is 2. The van der Waals surface area contributed by atoms with Crippen LogP contribution < -0.4 is 10.2 Å².